The maximum Gasteiger partial charge on any atom is 0.247 e. The summed E-state index contributed by atoms with van der Waals surface area (Å²) in [5.74, 6) is 1.10. The highest BCUT2D eigenvalue weighted by Crippen LogP contribution is 2.32. The molecule has 0 atom stereocenters. The van der Waals surface area contributed by atoms with Crippen LogP contribution in [-0.4, -0.2) is 25.8 Å². The number of alkyl halides is 1. The van der Waals surface area contributed by atoms with Crippen molar-refractivity contribution in [1.29, 1.82) is 0 Å². The van der Waals surface area contributed by atoms with Crippen molar-refractivity contribution in [2.45, 2.75) is 37.0 Å². The van der Waals surface area contributed by atoms with Gasteiger partial charge in [0.25, 0.3) is 0 Å². The fourth-order valence-electron chi connectivity index (χ4n) is 2.14. The van der Waals surface area contributed by atoms with E-state index >= 15 is 0 Å². The first-order chi connectivity index (χ1) is 8.98. The number of hydrogen-bond acceptors (Lipinski definition) is 3. The zero-order chi connectivity index (χ0) is 14.0. The van der Waals surface area contributed by atoms with Crippen molar-refractivity contribution in [3.05, 3.63) is 16.5 Å². The number of halogens is 2. The van der Waals surface area contributed by atoms with Gasteiger partial charge < -0.3 is 4.42 Å². The lowest BCUT2D eigenvalue weighted by atomic mass is 9.85. The Morgan fingerprint density at radius 2 is 2.21 bits per heavy atom. The van der Waals surface area contributed by atoms with Gasteiger partial charge in [0.2, 0.25) is 10.0 Å². The van der Waals surface area contributed by atoms with Crippen molar-refractivity contribution < 1.29 is 12.8 Å². The molecule has 2 rings (SSSR count). The Morgan fingerprint density at radius 3 is 2.63 bits per heavy atom. The molecule has 0 aromatic carbocycles. The minimum Gasteiger partial charge on any atom is -0.452 e. The molecule has 0 unspecified atom stereocenters. The molecule has 0 spiro atoms. The van der Waals surface area contributed by atoms with Crippen LogP contribution in [0.25, 0.3) is 0 Å². The Kier molecular flexibility index (Phi) is 4.98. The Hall–Kier alpha value is -0.0400. The van der Waals surface area contributed by atoms with Gasteiger partial charge in [-0.2, -0.15) is 4.31 Å². The molecule has 0 aliphatic heterocycles. The van der Waals surface area contributed by atoms with E-state index in [0.717, 1.165) is 12.8 Å². The molecule has 0 radical (unpaired) electrons. The highest BCUT2D eigenvalue weighted by atomic mass is 79.9. The second kappa shape index (κ2) is 6.16. The zero-order valence-electron chi connectivity index (χ0n) is 10.7. The van der Waals surface area contributed by atoms with Crippen LogP contribution < -0.4 is 0 Å². The summed E-state index contributed by atoms with van der Waals surface area (Å²) in [4.78, 5) is 0.171. The Bertz CT molecular complexity index is 539. The van der Waals surface area contributed by atoms with Crippen LogP contribution in [0.2, 0.25) is 0 Å². The minimum atomic E-state index is -3.51. The van der Waals surface area contributed by atoms with Crippen molar-refractivity contribution in [1.82, 2.24) is 4.31 Å². The van der Waals surface area contributed by atoms with Crippen molar-refractivity contribution >= 4 is 37.6 Å². The standard InChI is InChI=1S/C12H17BrClNO3S/c1-2-15(8-9-4-3-5-9)19(16,17)11-6-10(7-14)18-12(11)13/h6,9H,2-5,7-8H2,1H3. The van der Waals surface area contributed by atoms with Crippen LogP contribution in [0.5, 0.6) is 0 Å². The van der Waals surface area contributed by atoms with Gasteiger partial charge >= 0.3 is 0 Å². The molecule has 0 bridgehead atoms. The van der Waals surface area contributed by atoms with Crippen molar-refractivity contribution in [2.75, 3.05) is 13.1 Å². The molecule has 108 valence electrons. The van der Waals surface area contributed by atoms with Gasteiger partial charge in [-0.1, -0.05) is 13.3 Å². The van der Waals surface area contributed by atoms with Gasteiger partial charge in [0.15, 0.2) is 4.67 Å². The Labute approximate surface area is 127 Å². The fourth-order valence-corrected chi connectivity index (χ4v) is 4.76. The van der Waals surface area contributed by atoms with E-state index in [-0.39, 0.29) is 15.4 Å². The summed E-state index contributed by atoms with van der Waals surface area (Å²) in [7, 11) is -3.51. The number of rotatable bonds is 6. The third-order valence-electron chi connectivity index (χ3n) is 3.50. The highest BCUT2D eigenvalue weighted by molar-refractivity contribution is 9.10. The highest BCUT2D eigenvalue weighted by Gasteiger charge is 2.31. The monoisotopic (exact) mass is 369 g/mol. The quantitative estimate of drug-likeness (QED) is 0.719. The molecule has 1 aromatic heterocycles. The van der Waals surface area contributed by atoms with Crippen LogP contribution in [0.3, 0.4) is 0 Å². The summed E-state index contributed by atoms with van der Waals surface area (Å²) in [6.07, 6.45) is 3.44. The SMILES string of the molecule is CCN(CC1CCC1)S(=O)(=O)c1cc(CCl)oc1Br. The molecule has 19 heavy (non-hydrogen) atoms. The van der Waals surface area contributed by atoms with Gasteiger partial charge in [0.1, 0.15) is 10.7 Å². The molecule has 1 fully saturated rings. The van der Waals surface area contributed by atoms with Crippen molar-refractivity contribution in [3.8, 4) is 0 Å². The molecule has 4 nitrogen and oxygen atoms in total. The average Bonchev–Trinajstić information content (AvgIpc) is 2.69. The lowest BCUT2D eigenvalue weighted by Gasteiger charge is -2.30. The van der Waals surface area contributed by atoms with E-state index in [1.54, 1.807) is 0 Å². The third-order valence-corrected chi connectivity index (χ3v) is 6.56. The second-order valence-corrected chi connectivity index (χ2v) is 7.63. The van der Waals surface area contributed by atoms with E-state index in [0.29, 0.717) is 24.8 Å². The lowest BCUT2D eigenvalue weighted by molar-refractivity contribution is 0.249. The summed E-state index contributed by atoms with van der Waals surface area (Å²) < 4.78 is 32.2. The first-order valence-electron chi connectivity index (χ1n) is 6.33. The molecule has 1 heterocycles. The fraction of sp³-hybridized carbons (Fsp3) is 0.667. The molecule has 1 aromatic rings. The smallest absolute Gasteiger partial charge is 0.247 e. The summed E-state index contributed by atoms with van der Waals surface area (Å²) in [5.41, 5.74) is 0. The van der Waals surface area contributed by atoms with Gasteiger partial charge in [0, 0.05) is 19.2 Å². The molecular weight excluding hydrogens is 354 g/mol. The predicted molar refractivity (Wildman–Crippen MR) is 77.7 cm³/mol. The van der Waals surface area contributed by atoms with Gasteiger partial charge in [-0.15, -0.1) is 11.6 Å². The van der Waals surface area contributed by atoms with Crippen LogP contribution in [0.1, 0.15) is 31.9 Å². The topological polar surface area (TPSA) is 50.5 Å². The summed E-state index contributed by atoms with van der Waals surface area (Å²) >= 11 is 8.83. The summed E-state index contributed by atoms with van der Waals surface area (Å²) in [6, 6.07) is 1.50. The second-order valence-electron chi connectivity index (χ2n) is 4.74. The first kappa shape index (κ1) is 15.4. The Balaban J connectivity index is 2.24. The van der Waals surface area contributed by atoms with Crippen molar-refractivity contribution in [2.24, 2.45) is 5.92 Å². The normalized spacial score (nSPS) is 16.8. The van der Waals surface area contributed by atoms with Gasteiger partial charge in [-0.3, -0.25) is 0 Å². The molecule has 0 saturated heterocycles. The third kappa shape index (κ3) is 3.17. The van der Waals surface area contributed by atoms with E-state index in [4.69, 9.17) is 16.0 Å². The maximum atomic E-state index is 12.6. The molecule has 1 aliphatic carbocycles. The number of hydrogen-bond donors (Lipinski definition) is 0. The van der Waals surface area contributed by atoms with Gasteiger partial charge in [0.05, 0.1) is 5.88 Å². The molecule has 7 heteroatoms. The van der Waals surface area contributed by atoms with Crippen LogP contribution >= 0.6 is 27.5 Å². The van der Waals surface area contributed by atoms with Crippen LogP contribution in [0.15, 0.2) is 20.0 Å². The predicted octanol–water partition coefficient (Wildman–Crippen LogP) is 3.59. The summed E-state index contributed by atoms with van der Waals surface area (Å²) in [6.45, 7) is 2.91. The molecule has 0 amide bonds. The minimum absolute atomic E-state index is 0.156. The van der Waals surface area contributed by atoms with Gasteiger partial charge in [-0.25, -0.2) is 8.42 Å². The lowest BCUT2D eigenvalue weighted by Crippen LogP contribution is -2.37. The maximum absolute atomic E-state index is 12.6. The molecule has 1 saturated carbocycles. The van der Waals surface area contributed by atoms with Crippen molar-refractivity contribution in [3.63, 3.8) is 0 Å². The van der Waals surface area contributed by atoms with E-state index < -0.39 is 10.0 Å². The van der Waals surface area contributed by atoms with Crippen LogP contribution in [0.4, 0.5) is 0 Å². The van der Waals surface area contributed by atoms with E-state index in [9.17, 15) is 8.42 Å². The van der Waals surface area contributed by atoms with Crippen LogP contribution in [-0.2, 0) is 15.9 Å². The first-order valence-corrected chi connectivity index (χ1v) is 9.10. The molecule has 0 N–H and O–H groups in total. The number of sulfonamides is 1. The van der Waals surface area contributed by atoms with E-state index in [1.165, 1.54) is 16.8 Å². The van der Waals surface area contributed by atoms with E-state index in [1.807, 2.05) is 6.92 Å². The zero-order valence-corrected chi connectivity index (χ0v) is 13.9. The Morgan fingerprint density at radius 1 is 1.53 bits per heavy atom. The molecular formula is C12H17BrClNO3S. The number of furan rings is 1. The van der Waals surface area contributed by atoms with Crippen LogP contribution in [0, 0.1) is 5.92 Å². The average molecular weight is 371 g/mol. The molecule has 1 aliphatic rings. The largest absolute Gasteiger partial charge is 0.452 e. The van der Waals surface area contributed by atoms with Gasteiger partial charge in [-0.05, 0) is 34.7 Å². The van der Waals surface area contributed by atoms with E-state index in [2.05, 4.69) is 15.9 Å². The summed E-state index contributed by atoms with van der Waals surface area (Å²) in [5, 5.41) is 0. The number of nitrogens with zero attached hydrogens (tertiary/aromatic N) is 1.